The van der Waals surface area contributed by atoms with Gasteiger partial charge in [-0.25, -0.2) is 0 Å². The van der Waals surface area contributed by atoms with Gasteiger partial charge in [0.1, 0.15) is 12.2 Å². The Labute approximate surface area is 85.8 Å². The zero-order valence-corrected chi connectivity index (χ0v) is 7.89. The topological polar surface area (TPSA) is 144 Å². The molecule has 7 heteroatoms. The van der Waals surface area contributed by atoms with Gasteiger partial charge < -0.3 is 31.3 Å². The second-order valence-corrected chi connectivity index (χ2v) is 3.81. The summed E-state index contributed by atoms with van der Waals surface area (Å²) in [6.07, 6.45) is -6.64. The van der Waals surface area contributed by atoms with Crippen LogP contribution in [0.1, 0.15) is 6.42 Å². The minimum absolute atomic E-state index is 0.203. The van der Waals surface area contributed by atoms with Crippen molar-refractivity contribution in [3.63, 3.8) is 0 Å². The van der Waals surface area contributed by atoms with E-state index < -0.39 is 42.3 Å². The molecule has 6 atom stereocenters. The number of carboxylic acid groups (broad SMARTS) is 1. The average Bonchev–Trinajstić information content (AvgIpc) is 2.25. The van der Waals surface area contributed by atoms with Gasteiger partial charge in [0.25, 0.3) is 0 Å². The molecule has 0 aliphatic heterocycles. The summed E-state index contributed by atoms with van der Waals surface area (Å²) in [6.45, 7) is 0. The van der Waals surface area contributed by atoms with Gasteiger partial charge in [0.15, 0.2) is 0 Å². The summed E-state index contributed by atoms with van der Waals surface area (Å²) in [4.78, 5) is 10.7. The van der Waals surface area contributed by atoms with Crippen molar-refractivity contribution in [1.29, 1.82) is 0 Å². The fourth-order valence-corrected chi connectivity index (χ4v) is 1.71. The van der Waals surface area contributed by atoms with Gasteiger partial charge in [0, 0.05) is 6.04 Å². The number of hydrogen-bond donors (Lipinski definition) is 6. The van der Waals surface area contributed by atoms with Crippen LogP contribution in [0.2, 0.25) is 0 Å². The molecule has 0 aromatic rings. The summed E-state index contributed by atoms with van der Waals surface area (Å²) in [5.41, 5.74) is 5.43. The molecular formula is C8H15NO6. The molecule has 1 aliphatic carbocycles. The lowest BCUT2D eigenvalue weighted by molar-refractivity contribution is -0.152. The highest BCUT2D eigenvalue weighted by atomic mass is 16.4. The molecule has 0 heterocycles. The number of hydrogen-bond acceptors (Lipinski definition) is 6. The van der Waals surface area contributed by atoms with E-state index in [2.05, 4.69) is 0 Å². The van der Waals surface area contributed by atoms with E-state index >= 15 is 0 Å². The van der Waals surface area contributed by atoms with Crippen LogP contribution >= 0.6 is 0 Å². The molecule has 0 radical (unpaired) electrons. The van der Waals surface area contributed by atoms with E-state index in [4.69, 9.17) is 10.8 Å². The minimum atomic E-state index is -1.71. The molecule has 1 rings (SSSR count). The zero-order chi connectivity index (χ0) is 11.7. The van der Waals surface area contributed by atoms with Gasteiger partial charge in [-0.1, -0.05) is 0 Å². The first-order chi connectivity index (χ1) is 6.86. The molecular weight excluding hydrogens is 206 g/mol. The summed E-state index contributed by atoms with van der Waals surface area (Å²) >= 11 is 0. The first-order valence-corrected chi connectivity index (χ1v) is 4.57. The normalized spacial score (nSPS) is 47.3. The molecule has 7 nitrogen and oxygen atoms in total. The first kappa shape index (κ1) is 12.3. The highest BCUT2D eigenvalue weighted by Gasteiger charge is 2.44. The van der Waals surface area contributed by atoms with Gasteiger partial charge in [-0.05, 0) is 6.42 Å². The highest BCUT2D eigenvalue weighted by Crippen LogP contribution is 2.24. The van der Waals surface area contributed by atoms with Crippen LogP contribution in [0.5, 0.6) is 0 Å². The van der Waals surface area contributed by atoms with Crippen molar-refractivity contribution in [2.24, 2.45) is 11.7 Å². The maximum atomic E-state index is 10.7. The van der Waals surface area contributed by atoms with Crippen LogP contribution in [0.3, 0.4) is 0 Å². The standard InChI is InChI=1S/C8H15NO6/c9-3-1-2(8(14)15)4(10)6(12)7(13)5(3)11/h2-7,10-13H,1,9H2,(H,14,15)/t2-,3+,4-,5-,6+,7+/m0/s1. The number of carboxylic acids is 1. The van der Waals surface area contributed by atoms with Gasteiger partial charge in [-0.3, -0.25) is 4.79 Å². The van der Waals surface area contributed by atoms with E-state index in [0.717, 1.165) is 0 Å². The van der Waals surface area contributed by atoms with Crippen molar-refractivity contribution in [1.82, 2.24) is 0 Å². The molecule has 0 aromatic heterocycles. The van der Waals surface area contributed by atoms with E-state index in [1.165, 1.54) is 0 Å². The predicted octanol–water partition coefficient (Wildman–Crippen LogP) is -3.14. The molecule has 1 fully saturated rings. The molecule has 0 spiro atoms. The van der Waals surface area contributed by atoms with Gasteiger partial charge in [-0.2, -0.15) is 0 Å². The minimum Gasteiger partial charge on any atom is -0.481 e. The Kier molecular flexibility index (Phi) is 3.63. The lowest BCUT2D eigenvalue weighted by Crippen LogP contribution is -2.48. The third kappa shape index (κ3) is 2.27. The van der Waals surface area contributed by atoms with Gasteiger partial charge in [-0.15, -0.1) is 0 Å². The third-order valence-electron chi connectivity index (χ3n) is 2.74. The van der Waals surface area contributed by atoms with Crippen LogP contribution < -0.4 is 5.73 Å². The zero-order valence-electron chi connectivity index (χ0n) is 7.89. The van der Waals surface area contributed by atoms with E-state index in [1.54, 1.807) is 0 Å². The molecule has 15 heavy (non-hydrogen) atoms. The Morgan fingerprint density at radius 2 is 1.47 bits per heavy atom. The Morgan fingerprint density at radius 1 is 1.00 bits per heavy atom. The summed E-state index contributed by atoms with van der Waals surface area (Å²) in [7, 11) is 0. The Balaban J connectivity index is 2.92. The fourth-order valence-electron chi connectivity index (χ4n) is 1.71. The lowest BCUT2D eigenvalue weighted by Gasteiger charge is -2.24. The number of aliphatic hydroxyl groups excluding tert-OH is 4. The molecule has 0 bridgehead atoms. The van der Waals surface area contributed by atoms with E-state index in [0.29, 0.717) is 0 Å². The first-order valence-electron chi connectivity index (χ1n) is 4.57. The maximum absolute atomic E-state index is 10.7. The van der Waals surface area contributed by atoms with Crippen molar-refractivity contribution >= 4 is 5.97 Å². The summed E-state index contributed by atoms with van der Waals surface area (Å²) in [5.74, 6) is -2.61. The predicted molar refractivity (Wildman–Crippen MR) is 47.7 cm³/mol. The second kappa shape index (κ2) is 4.42. The highest BCUT2D eigenvalue weighted by molar-refractivity contribution is 5.71. The largest absolute Gasteiger partial charge is 0.481 e. The number of aliphatic hydroxyl groups is 4. The van der Waals surface area contributed by atoms with Gasteiger partial charge in [0.05, 0.1) is 18.1 Å². The SMILES string of the molecule is N[C@@H]1C[C@H](C(=O)O)[C@H](O)[C@@H](O)[C@H](O)[C@H]1O. The van der Waals surface area contributed by atoms with E-state index in [1.807, 2.05) is 0 Å². The molecule has 0 amide bonds. The quantitative estimate of drug-likeness (QED) is 0.257. The maximum Gasteiger partial charge on any atom is 0.309 e. The van der Waals surface area contributed by atoms with Gasteiger partial charge >= 0.3 is 5.97 Å². The molecule has 0 aromatic carbocycles. The fraction of sp³-hybridized carbons (Fsp3) is 0.875. The second-order valence-electron chi connectivity index (χ2n) is 3.81. The molecule has 0 saturated heterocycles. The van der Waals surface area contributed by atoms with Crippen LogP contribution in [0.4, 0.5) is 0 Å². The third-order valence-corrected chi connectivity index (χ3v) is 2.74. The van der Waals surface area contributed by atoms with Crippen molar-refractivity contribution in [3.8, 4) is 0 Å². The number of rotatable bonds is 1. The van der Waals surface area contributed by atoms with E-state index in [-0.39, 0.29) is 6.42 Å². The molecule has 0 unspecified atom stereocenters. The van der Waals surface area contributed by atoms with Crippen LogP contribution in [0.15, 0.2) is 0 Å². The van der Waals surface area contributed by atoms with Crippen LogP contribution in [0.25, 0.3) is 0 Å². The van der Waals surface area contributed by atoms with Crippen LogP contribution in [-0.4, -0.2) is 62.0 Å². The molecule has 7 N–H and O–H groups in total. The van der Waals surface area contributed by atoms with Crippen molar-refractivity contribution in [2.45, 2.75) is 36.9 Å². The van der Waals surface area contributed by atoms with Crippen LogP contribution in [-0.2, 0) is 4.79 Å². The van der Waals surface area contributed by atoms with Crippen LogP contribution in [0, 0.1) is 5.92 Å². The summed E-state index contributed by atoms with van der Waals surface area (Å²) < 4.78 is 0. The number of nitrogens with two attached hydrogens (primary N) is 1. The molecule has 1 saturated carbocycles. The average molecular weight is 221 g/mol. The smallest absolute Gasteiger partial charge is 0.309 e. The molecule has 88 valence electrons. The van der Waals surface area contributed by atoms with Gasteiger partial charge in [0.2, 0.25) is 0 Å². The Bertz CT molecular complexity index is 247. The Morgan fingerprint density at radius 3 is 1.93 bits per heavy atom. The number of aliphatic carboxylic acids is 1. The number of carbonyl (C=O) groups is 1. The van der Waals surface area contributed by atoms with Crippen molar-refractivity contribution in [2.75, 3.05) is 0 Å². The summed E-state index contributed by atoms with van der Waals surface area (Å²) in [5, 5.41) is 46.3. The monoisotopic (exact) mass is 221 g/mol. The molecule has 1 aliphatic rings. The lowest BCUT2D eigenvalue weighted by atomic mass is 9.95. The van der Waals surface area contributed by atoms with Crippen molar-refractivity contribution < 1.29 is 30.3 Å². The van der Waals surface area contributed by atoms with E-state index in [9.17, 15) is 25.2 Å². The van der Waals surface area contributed by atoms with Crippen molar-refractivity contribution in [3.05, 3.63) is 0 Å². The summed E-state index contributed by atoms with van der Waals surface area (Å²) in [6, 6.07) is -0.993. The Hall–Kier alpha value is -0.730.